The van der Waals surface area contributed by atoms with Crippen LogP contribution in [0, 0.1) is 5.92 Å². The van der Waals surface area contributed by atoms with Crippen LogP contribution in [-0.2, 0) is 9.53 Å². The van der Waals surface area contributed by atoms with Crippen molar-refractivity contribution in [2.75, 3.05) is 6.61 Å². The number of esters is 1. The summed E-state index contributed by atoms with van der Waals surface area (Å²) in [6.45, 7) is 6.07. The van der Waals surface area contributed by atoms with Crippen LogP contribution >= 0.6 is 0 Å². The topological polar surface area (TPSA) is 26.3 Å². The van der Waals surface area contributed by atoms with Gasteiger partial charge < -0.3 is 4.74 Å². The summed E-state index contributed by atoms with van der Waals surface area (Å²) in [7, 11) is 0. The van der Waals surface area contributed by atoms with Gasteiger partial charge >= 0.3 is 5.97 Å². The third-order valence-corrected chi connectivity index (χ3v) is 1.49. The highest BCUT2D eigenvalue weighted by Crippen LogP contribution is 2.01. The maximum Gasteiger partial charge on any atom is 0.302 e. The first-order valence-electron chi connectivity index (χ1n) is 3.96. The fourth-order valence-electron chi connectivity index (χ4n) is 0.589. The minimum absolute atomic E-state index is 0.223. The molecule has 0 amide bonds. The van der Waals surface area contributed by atoms with Crippen molar-refractivity contribution < 1.29 is 9.53 Å². The zero-order valence-corrected chi connectivity index (χ0v) is 7.46. The Morgan fingerprint density at radius 3 is 2.73 bits per heavy atom. The van der Waals surface area contributed by atoms with Gasteiger partial charge in [0.25, 0.3) is 0 Å². The maximum absolute atomic E-state index is 10.3. The highest BCUT2D eigenvalue weighted by atomic mass is 16.5. The van der Waals surface area contributed by atoms with Gasteiger partial charge in [-0.25, -0.2) is 0 Å². The van der Waals surface area contributed by atoms with E-state index in [9.17, 15) is 4.79 Å². The summed E-state index contributed by atoms with van der Waals surface area (Å²) in [6.07, 6.45) is 5.06. The molecule has 0 aromatic heterocycles. The van der Waals surface area contributed by atoms with Gasteiger partial charge in [-0.3, -0.25) is 4.79 Å². The molecule has 0 radical (unpaired) electrons. The van der Waals surface area contributed by atoms with Crippen LogP contribution in [0.2, 0.25) is 0 Å². The van der Waals surface area contributed by atoms with Crippen LogP contribution in [-0.4, -0.2) is 12.6 Å². The molecular formula is C9H16O2. The van der Waals surface area contributed by atoms with E-state index in [-0.39, 0.29) is 5.97 Å². The van der Waals surface area contributed by atoms with Crippen LogP contribution in [0.3, 0.4) is 0 Å². The van der Waals surface area contributed by atoms with Gasteiger partial charge in [0, 0.05) is 6.92 Å². The third kappa shape index (κ3) is 7.10. The molecule has 0 saturated heterocycles. The van der Waals surface area contributed by atoms with Crippen molar-refractivity contribution in [2.24, 2.45) is 5.92 Å². The van der Waals surface area contributed by atoms with Crippen molar-refractivity contribution in [2.45, 2.75) is 27.2 Å². The molecule has 11 heavy (non-hydrogen) atoms. The molecule has 0 rings (SSSR count). The minimum atomic E-state index is -0.223. The Morgan fingerprint density at radius 2 is 2.27 bits per heavy atom. The second-order valence-corrected chi connectivity index (χ2v) is 2.62. The average molecular weight is 156 g/mol. The zero-order chi connectivity index (χ0) is 8.69. The molecule has 0 aliphatic rings. The lowest BCUT2D eigenvalue weighted by Gasteiger charge is -1.99. The van der Waals surface area contributed by atoms with Gasteiger partial charge in [0.05, 0.1) is 0 Å². The van der Waals surface area contributed by atoms with Gasteiger partial charge in [0.1, 0.15) is 6.61 Å². The first kappa shape index (κ1) is 10.2. The fourth-order valence-corrected chi connectivity index (χ4v) is 0.589. The molecule has 1 unspecified atom stereocenters. The Labute approximate surface area is 68.2 Å². The highest BCUT2D eigenvalue weighted by Gasteiger charge is 1.90. The van der Waals surface area contributed by atoms with E-state index >= 15 is 0 Å². The summed E-state index contributed by atoms with van der Waals surface area (Å²) in [6, 6.07) is 0. The van der Waals surface area contributed by atoms with Crippen molar-refractivity contribution in [1.29, 1.82) is 0 Å². The van der Waals surface area contributed by atoms with Gasteiger partial charge in [0.2, 0.25) is 0 Å². The van der Waals surface area contributed by atoms with E-state index in [0.717, 1.165) is 6.42 Å². The van der Waals surface area contributed by atoms with E-state index in [4.69, 9.17) is 4.74 Å². The predicted octanol–water partition coefficient (Wildman–Crippen LogP) is 2.15. The molecule has 1 atom stereocenters. The molecule has 0 aliphatic carbocycles. The molecule has 0 bridgehead atoms. The summed E-state index contributed by atoms with van der Waals surface area (Å²) < 4.78 is 4.71. The average Bonchev–Trinajstić information content (AvgIpc) is 1.97. The van der Waals surface area contributed by atoms with Gasteiger partial charge in [0.15, 0.2) is 0 Å². The van der Waals surface area contributed by atoms with E-state index in [1.54, 1.807) is 0 Å². The van der Waals surface area contributed by atoms with Crippen LogP contribution in [0.1, 0.15) is 27.2 Å². The summed E-state index contributed by atoms with van der Waals surface area (Å²) in [5.74, 6) is 0.351. The van der Waals surface area contributed by atoms with E-state index in [1.807, 2.05) is 6.08 Å². The van der Waals surface area contributed by atoms with E-state index in [1.165, 1.54) is 6.92 Å². The molecule has 0 aromatic carbocycles. The molecule has 0 N–H and O–H groups in total. The SMILES string of the molecule is CCC(C)/C=C/COC(C)=O. The van der Waals surface area contributed by atoms with Gasteiger partial charge in [-0.15, -0.1) is 0 Å². The lowest BCUT2D eigenvalue weighted by Crippen LogP contribution is -1.98. The standard InChI is InChI=1S/C9H16O2/c1-4-8(2)6-5-7-11-9(3)10/h5-6,8H,4,7H2,1-3H3/b6-5+. The summed E-state index contributed by atoms with van der Waals surface area (Å²) >= 11 is 0. The molecule has 2 nitrogen and oxygen atoms in total. The summed E-state index contributed by atoms with van der Waals surface area (Å²) in [5, 5.41) is 0. The van der Waals surface area contributed by atoms with Gasteiger partial charge in [-0.2, -0.15) is 0 Å². The Kier molecular flexibility index (Phi) is 5.53. The van der Waals surface area contributed by atoms with Crippen molar-refractivity contribution in [3.63, 3.8) is 0 Å². The molecule has 0 heterocycles. The Morgan fingerprint density at radius 1 is 1.64 bits per heavy atom. The Hall–Kier alpha value is -0.790. The second kappa shape index (κ2) is 5.96. The molecule has 64 valence electrons. The third-order valence-electron chi connectivity index (χ3n) is 1.49. The fraction of sp³-hybridized carbons (Fsp3) is 0.667. The number of allylic oxidation sites excluding steroid dienone is 1. The molecule has 0 aliphatic heterocycles. The maximum atomic E-state index is 10.3. The number of rotatable bonds is 4. The van der Waals surface area contributed by atoms with Crippen molar-refractivity contribution >= 4 is 5.97 Å². The molecule has 0 fully saturated rings. The van der Waals surface area contributed by atoms with Crippen molar-refractivity contribution in [3.8, 4) is 0 Å². The number of hydrogen-bond acceptors (Lipinski definition) is 2. The lowest BCUT2D eigenvalue weighted by molar-refractivity contribution is -0.139. The second-order valence-electron chi connectivity index (χ2n) is 2.62. The quantitative estimate of drug-likeness (QED) is 0.460. The molecule has 0 aromatic rings. The number of carbonyl (C=O) groups is 1. The minimum Gasteiger partial charge on any atom is -0.462 e. The number of hydrogen-bond donors (Lipinski definition) is 0. The number of carbonyl (C=O) groups excluding carboxylic acids is 1. The van der Waals surface area contributed by atoms with E-state index < -0.39 is 0 Å². The predicted molar refractivity (Wildman–Crippen MR) is 45.2 cm³/mol. The molecule has 0 saturated carbocycles. The first-order valence-corrected chi connectivity index (χ1v) is 3.96. The molecular weight excluding hydrogens is 140 g/mol. The largest absolute Gasteiger partial charge is 0.462 e. The van der Waals surface area contributed by atoms with E-state index in [2.05, 4.69) is 19.9 Å². The highest BCUT2D eigenvalue weighted by molar-refractivity contribution is 5.65. The van der Waals surface area contributed by atoms with Crippen LogP contribution < -0.4 is 0 Å². The first-order chi connectivity index (χ1) is 5.16. The summed E-state index contributed by atoms with van der Waals surface area (Å²) in [5.41, 5.74) is 0. The molecule has 2 heteroatoms. The van der Waals surface area contributed by atoms with Crippen LogP contribution in [0.4, 0.5) is 0 Å². The lowest BCUT2D eigenvalue weighted by atomic mass is 10.1. The zero-order valence-electron chi connectivity index (χ0n) is 7.46. The van der Waals surface area contributed by atoms with E-state index in [0.29, 0.717) is 12.5 Å². The Bertz CT molecular complexity index is 138. The smallest absolute Gasteiger partial charge is 0.302 e. The van der Waals surface area contributed by atoms with Gasteiger partial charge in [-0.05, 0) is 5.92 Å². The van der Waals surface area contributed by atoms with Crippen molar-refractivity contribution in [1.82, 2.24) is 0 Å². The molecule has 0 spiro atoms. The number of ether oxygens (including phenoxy) is 1. The normalized spacial score (nSPS) is 13.4. The van der Waals surface area contributed by atoms with Crippen LogP contribution in [0.5, 0.6) is 0 Å². The Balaban J connectivity index is 3.36. The van der Waals surface area contributed by atoms with Crippen LogP contribution in [0.25, 0.3) is 0 Å². The van der Waals surface area contributed by atoms with Crippen molar-refractivity contribution in [3.05, 3.63) is 12.2 Å². The summed E-state index contributed by atoms with van der Waals surface area (Å²) in [4.78, 5) is 10.3. The van der Waals surface area contributed by atoms with Gasteiger partial charge in [-0.1, -0.05) is 32.4 Å². The monoisotopic (exact) mass is 156 g/mol. The van der Waals surface area contributed by atoms with Crippen LogP contribution in [0.15, 0.2) is 12.2 Å².